The van der Waals surface area contributed by atoms with E-state index >= 15 is 0 Å². The quantitative estimate of drug-likeness (QED) is 0.631. The summed E-state index contributed by atoms with van der Waals surface area (Å²) in [6, 6.07) is 0. The maximum absolute atomic E-state index is 11.7. The van der Waals surface area contributed by atoms with Crippen LogP contribution in [-0.2, 0) is 19.0 Å². The SMILES string of the molecule is CC(C)C1C2OS(=O)(=O)C3CC1(C)OC23. The molecule has 5 atom stereocenters. The number of ether oxygens (including phenoxy) is 1. The van der Waals surface area contributed by atoms with Crippen molar-refractivity contribution in [3.63, 3.8) is 0 Å². The highest BCUT2D eigenvalue weighted by atomic mass is 32.2. The highest BCUT2D eigenvalue weighted by molar-refractivity contribution is 7.87. The van der Waals surface area contributed by atoms with Crippen LogP contribution in [0.3, 0.4) is 0 Å². The van der Waals surface area contributed by atoms with Gasteiger partial charge in [-0.05, 0) is 19.3 Å². The molecule has 3 rings (SSSR count). The lowest BCUT2D eigenvalue weighted by molar-refractivity contribution is -0.00281. The summed E-state index contributed by atoms with van der Waals surface area (Å²) in [6.07, 6.45) is 0.144. The normalized spacial score (nSPS) is 55.5. The molecule has 3 saturated heterocycles. The summed E-state index contributed by atoms with van der Waals surface area (Å²) in [6.45, 7) is 6.22. The zero-order valence-corrected chi connectivity index (χ0v) is 9.95. The van der Waals surface area contributed by atoms with Gasteiger partial charge in [0.15, 0.2) is 0 Å². The van der Waals surface area contributed by atoms with E-state index in [2.05, 4.69) is 13.8 Å². The second kappa shape index (κ2) is 2.57. The van der Waals surface area contributed by atoms with Crippen molar-refractivity contribution in [1.29, 1.82) is 0 Å². The molecule has 0 N–H and O–H groups in total. The van der Waals surface area contributed by atoms with Crippen molar-refractivity contribution in [1.82, 2.24) is 0 Å². The van der Waals surface area contributed by atoms with Crippen LogP contribution in [-0.4, -0.2) is 31.5 Å². The van der Waals surface area contributed by atoms with Crippen molar-refractivity contribution in [2.24, 2.45) is 11.8 Å². The lowest BCUT2D eigenvalue weighted by Gasteiger charge is -2.32. The van der Waals surface area contributed by atoms with Crippen LogP contribution in [0, 0.1) is 11.8 Å². The van der Waals surface area contributed by atoms with Crippen molar-refractivity contribution >= 4 is 10.1 Å². The average molecular weight is 232 g/mol. The van der Waals surface area contributed by atoms with Crippen molar-refractivity contribution in [3.05, 3.63) is 0 Å². The first kappa shape index (κ1) is 10.1. The fourth-order valence-corrected chi connectivity index (χ4v) is 5.44. The molecule has 2 bridgehead atoms. The molecular formula is C10H16O4S. The summed E-state index contributed by atoms with van der Waals surface area (Å²) in [5.41, 5.74) is -0.294. The number of rotatable bonds is 1. The Bertz CT molecular complexity index is 402. The lowest BCUT2D eigenvalue weighted by Crippen LogP contribution is -2.42. The maximum atomic E-state index is 11.7. The fourth-order valence-electron chi connectivity index (χ4n) is 3.69. The standard InChI is InChI=1S/C10H16O4S/c1-5(2)7-9-8-6(15(11,12)14-9)4-10(7,3)13-8/h5-9H,4H2,1-3H3. The molecule has 0 saturated carbocycles. The van der Waals surface area contributed by atoms with Gasteiger partial charge in [-0.15, -0.1) is 0 Å². The molecule has 86 valence electrons. The molecule has 3 heterocycles. The summed E-state index contributed by atoms with van der Waals surface area (Å²) in [5, 5.41) is -0.414. The van der Waals surface area contributed by atoms with E-state index in [9.17, 15) is 8.42 Å². The summed E-state index contributed by atoms with van der Waals surface area (Å²) in [7, 11) is -3.36. The van der Waals surface area contributed by atoms with Gasteiger partial charge in [0.2, 0.25) is 0 Å². The Balaban J connectivity index is 2.07. The Labute approximate surface area is 90.1 Å². The molecule has 4 nitrogen and oxygen atoms in total. The van der Waals surface area contributed by atoms with Gasteiger partial charge in [0.05, 0.1) is 5.60 Å². The third kappa shape index (κ3) is 1.06. The zero-order chi connectivity index (χ0) is 11.0. The third-order valence-electron chi connectivity index (χ3n) is 4.10. The van der Waals surface area contributed by atoms with Gasteiger partial charge in [0, 0.05) is 5.92 Å². The largest absolute Gasteiger partial charge is 0.367 e. The molecular weight excluding hydrogens is 216 g/mol. The van der Waals surface area contributed by atoms with E-state index < -0.39 is 15.4 Å². The lowest BCUT2D eigenvalue weighted by atomic mass is 9.72. The Morgan fingerprint density at radius 2 is 2.00 bits per heavy atom. The first-order valence-corrected chi connectivity index (χ1v) is 6.92. The third-order valence-corrected chi connectivity index (χ3v) is 5.76. The van der Waals surface area contributed by atoms with E-state index in [0.29, 0.717) is 12.3 Å². The van der Waals surface area contributed by atoms with Gasteiger partial charge in [-0.3, -0.25) is 4.18 Å². The number of hydrogen-bond acceptors (Lipinski definition) is 4. The molecule has 15 heavy (non-hydrogen) atoms. The van der Waals surface area contributed by atoms with Crippen LogP contribution in [0.25, 0.3) is 0 Å². The van der Waals surface area contributed by atoms with Gasteiger partial charge in [-0.2, -0.15) is 8.42 Å². The highest BCUT2D eigenvalue weighted by Gasteiger charge is 2.70. The van der Waals surface area contributed by atoms with E-state index in [0.717, 1.165) is 0 Å². The topological polar surface area (TPSA) is 52.6 Å². The van der Waals surface area contributed by atoms with Gasteiger partial charge in [0.25, 0.3) is 10.1 Å². The summed E-state index contributed by atoms with van der Waals surface area (Å²) >= 11 is 0. The summed E-state index contributed by atoms with van der Waals surface area (Å²) in [4.78, 5) is 0. The molecule has 0 aromatic carbocycles. The van der Waals surface area contributed by atoms with E-state index in [1.807, 2.05) is 6.92 Å². The molecule has 0 aromatic heterocycles. The van der Waals surface area contributed by atoms with Gasteiger partial charge in [0.1, 0.15) is 17.5 Å². The highest BCUT2D eigenvalue weighted by Crippen LogP contribution is 2.57. The molecule has 5 unspecified atom stereocenters. The minimum atomic E-state index is -3.36. The molecule has 3 fully saturated rings. The number of hydrogen-bond donors (Lipinski definition) is 0. The van der Waals surface area contributed by atoms with E-state index in [1.165, 1.54) is 0 Å². The molecule has 0 amide bonds. The van der Waals surface area contributed by atoms with Crippen molar-refractivity contribution in [3.8, 4) is 0 Å². The molecule has 0 radical (unpaired) electrons. The van der Waals surface area contributed by atoms with E-state index in [-0.39, 0.29) is 23.7 Å². The zero-order valence-electron chi connectivity index (χ0n) is 9.14. The first-order valence-electron chi connectivity index (χ1n) is 5.45. The van der Waals surface area contributed by atoms with Crippen molar-refractivity contribution < 1.29 is 17.3 Å². The van der Waals surface area contributed by atoms with Crippen LogP contribution in [0.5, 0.6) is 0 Å². The molecule has 5 heteroatoms. The van der Waals surface area contributed by atoms with Crippen LogP contribution >= 0.6 is 0 Å². The van der Waals surface area contributed by atoms with Crippen LogP contribution in [0.15, 0.2) is 0 Å². The Morgan fingerprint density at radius 1 is 1.33 bits per heavy atom. The minimum Gasteiger partial charge on any atom is -0.367 e. The van der Waals surface area contributed by atoms with E-state index in [1.54, 1.807) is 0 Å². The van der Waals surface area contributed by atoms with Crippen molar-refractivity contribution in [2.75, 3.05) is 0 Å². The predicted octanol–water partition coefficient (Wildman–Crippen LogP) is 0.917. The van der Waals surface area contributed by atoms with Crippen LogP contribution in [0.4, 0.5) is 0 Å². The summed E-state index contributed by atoms with van der Waals surface area (Å²) < 4.78 is 34.4. The second-order valence-corrected chi connectivity index (χ2v) is 7.24. The molecule has 0 spiro atoms. The van der Waals surface area contributed by atoms with Crippen LogP contribution in [0.2, 0.25) is 0 Å². The predicted molar refractivity (Wildman–Crippen MR) is 53.8 cm³/mol. The van der Waals surface area contributed by atoms with Crippen LogP contribution in [0.1, 0.15) is 27.2 Å². The van der Waals surface area contributed by atoms with Crippen LogP contribution < -0.4 is 0 Å². The Morgan fingerprint density at radius 3 is 2.60 bits per heavy atom. The molecule has 0 aliphatic carbocycles. The molecule has 3 aliphatic rings. The second-order valence-electron chi connectivity index (χ2n) is 5.46. The minimum absolute atomic E-state index is 0.205. The fraction of sp³-hybridized carbons (Fsp3) is 1.00. The number of fused-ring (bicyclic) bond motifs is 1. The Kier molecular flexibility index (Phi) is 1.73. The summed E-state index contributed by atoms with van der Waals surface area (Å²) in [5.74, 6) is 0.593. The van der Waals surface area contributed by atoms with Crippen molar-refractivity contribution in [2.45, 2.75) is 50.3 Å². The van der Waals surface area contributed by atoms with Gasteiger partial charge < -0.3 is 4.74 Å². The van der Waals surface area contributed by atoms with Gasteiger partial charge in [-0.25, -0.2) is 0 Å². The molecule has 3 aliphatic heterocycles. The molecule has 0 aromatic rings. The average Bonchev–Trinajstić information content (AvgIpc) is 2.57. The Hall–Kier alpha value is -0.130. The van der Waals surface area contributed by atoms with Gasteiger partial charge >= 0.3 is 0 Å². The van der Waals surface area contributed by atoms with E-state index in [4.69, 9.17) is 8.92 Å². The first-order chi connectivity index (χ1) is 6.85. The maximum Gasteiger partial charge on any atom is 0.273 e. The monoisotopic (exact) mass is 232 g/mol. The smallest absolute Gasteiger partial charge is 0.273 e. The van der Waals surface area contributed by atoms with Gasteiger partial charge in [-0.1, -0.05) is 13.8 Å².